The predicted molar refractivity (Wildman–Crippen MR) is 116 cm³/mol. The molecule has 0 radical (unpaired) electrons. The Hall–Kier alpha value is -2.10. The molecule has 30 heavy (non-hydrogen) atoms. The highest BCUT2D eigenvalue weighted by Gasteiger charge is 2.31. The van der Waals surface area contributed by atoms with Crippen LogP contribution in [0.1, 0.15) is 17.2 Å². The molecule has 3 rings (SSSR count). The molecule has 1 saturated heterocycles. The van der Waals surface area contributed by atoms with Gasteiger partial charge in [-0.2, -0.15) is 0 Å². The van der Waals surface area contributed by atoms with Crippen LogP contribution in [0.4, 0.5) is 10.5 Å². The molecule has 0 aromatic heterocycles. The molecule has 2 atom stereocenters. The number of benzene rings is 2. The second-order valence-corrected chi connectivity index (χ2v) is 7.48. The van der Waals surface area contributed by atoms with Crippen molar-refractivity contribution in [2.75, 3.05) is 19.7 Å². The molecule has 162 valence electrons. The number of hydrogen-bond donors (Lipinski definition) is 2. The third kappa shape index (κ3) is 6.20. The smallest absolute Gasteiger partial charge is 0.405 e. The zero-order valence-corrected chi connectivity index (χ0v) is 18.0. The molecule has 1 aliphatic heterocycles. The Morgan fingerprint density at radius 3 is 2.57 bits per heavy atom. The number of hydrogen-bond acceptors (Lipinski definition) is 5. The molecule has 1 aliphatic rings. The van der Waals surface area contributed by atoms with E-state index in [1.54, 1.807) is 24.3 Å². The Morgan fingerprint density at radius 1 is 1.27 bits per heavy atom. The lowest BCUT2D eigenvalue weighted by Gasteiger charge is -2.37. The van der Waals surface area contributed by atoms with Gasteiger partial charge in [-0.15, -0.1) is 12.4 Å². The van der Waals surface area contributed by atoms with Crippen LogP contribution < -0.4 is 5.32 Å². The van der Waals surface area contributed by atoms with Crippen LogP contribution in [0.2, 0.25) is 10.0 Å². The molecule has 1 fully saturated rings. The number of nitro benzene ring substituents is 1. The first-order valence-electron chi connectivity index (χ1n) is 8.85. The zero-order valence-electron chi connectivity index (χ0n) is 15.7. The fourth-order valence-electron chi connectivity index (χ4n) is 3.30. The molecule has 8 nitrogen and oxygen atoms in total. The van der Waals surface area contributed by atoms with Gasteiger partial charge in [-0.25, -0.2) is 4.79 Å². The fourth-order valence-corrected chi connectivity index (χ4v) is 3.62. The molecule has 1 amide bonds. The SMILES string of the molecule is Cl.O=C(O)NC(c1ccc([N+](=O)[O-])cc1)[C@@H]1CN(Cc2ccc(Cl)c(Cl)c2)CCO1. The number of morpholine rings is 1. The number of nitrogens with zero attached hydrogens (tertiary/aromatic N) is 2. The Balaban J connectivity index is 0.00000320. The molecule has 0 bridgehead atoms. The van der Waals surface area contributed by atoms with Crippen LogP contribution in [0.15, 0.2) is 42.5 Å². The van der Waals surface area contributed by atoms with Crippen molar-refractivity contribution in [1.29, 1.82) is 0 Å². The molecule has 2 N–H and O–H groups in total. The summed E-state index contributed by atoms with van der Waals surface area (Å²) in [7, 11) is 0. The number of nitro groups is 1. The summed E-state index contributed by atoms with van der Waals surface area (Å²) in [6.07, 6.45) is -1.65. The van der Waals surface area contributed by atoms with E-state index in [9.17, 15) is 20.0 Å². The molecule has 0 saturated carbocycles. The van der Waals surface area contributed by atoms with Crippen molar-refractivity contribution in [2.45, 2.75) is 18.7 Å². The number of halogens is 3. The third-order valence-corrected chi connectivity index (χ3v) is 5.42. The average Bonchev–Trinajstić information content (AvgIpc) is 2.69. The summed E-state index contributed by atoms with van der Waals surface area (Å²) in [5, 5.41) is 23.6. The van der Waals surface area contributed by atoms with Gasteiger partial charge in [0.1, 0.15) is 0 Å². The Labute approximate surface area is 189 Å². The Bertz CT molecular complexity index is 897. The average molecular weight is 477 g/mol. The van der Waals surface area contributed by atoms with E-state index in [-0.39, 0.29) is 18.1 Å². The molecule has 0 spiro atoms. The van der Waals surface area contributed by atoms with Gasteiger partial charge >= 0.3 is 6.09 Å². The monoisotopic (exact) mass is 475 g/mol. The highest BCUT2D eigenvalue weighted by Crippen LogP contribution is 2.27. The van der Waals surface area contributed by atoms with Crippen molar-refractivity contribution in [3.05, 3.63) is 73.8 Å². The first-order chi connectivity index (χ1) is 13.8. The van der Waals surface area contributed by atoms with Crippen LogP contribution >= 0.6 is 35.6 Å². The predicted octanol–water partition coefficient (Wildman–Crippen LogP) is 4.53. The number of carboxylic acid groups (broad SMARTS) is 1. The zero-order chi connectivity index (χ0) is 21.0. The first kappa shape index (κ1) is 24.2. The van der Waals surface area contributed by atoms with E-state index in [1.165, 1.54) is 12.1 Å². The Kier molecular flexibility index (Phi) is 8.69. The van der Waals surface area contributed by atoms with Crippen molar-refractivity contribution in [2.24, 2.45) is 0 Å². The van der Waals surface area contributed by atoms with Gasteiger partial charge < -0.3 is 15.2 Å². The van der Waals surface area contributed by atoms with Crippen molar-refractivity contribution in [3.63, 3.8) is 0 Å². The molecule has 0 aliphatic carbocycles. The van der Waals surface area contributed by atoms with E-state index in [1.807, 2.05) is 6.07 Å². The number of rotatable bonds is 6. The quantitative estimate of drug-likeness (QED) is 0.469. The van der Waals surface area contributed by atoms with E-state index in [4.69, 9.17) is 27.9 Å². The topological polar surface area (TPSA) is 105 Å². The molecular formula is C19H20Cl3N3O5. The summed E-state index contributed by atoms with van der Waals surface area (Å²) in [6.45, 7) is 2.19. The first-order valence-corrected chi connectivity index (χ1v) is 9.61. The van der Waals surface area contributed by atoms with Crippen LogP contribution in [0.5, 0.6) is 0 Å². The summed E-state index contributed by atoms with van der Waals surface area (Å²) in [5.74, 6) is 0. The fraction of sp³-hybridized carbons (Fsp3) is 0.316. The molecule has 2 aromatic carbocycles. The standard InChI is InChI=1S/C19H19Cl2N3O5.ClH/c20-15-6-1-12(9-16(15)21)10-23-7-8-29-17(11-23)18(22-19(25)26)13-2-4-14(5-3-13)24(27)28;/h1-6,9,17-18,22H,7-8,10-11H2,(H,25,26);1H/t17-,18?;/m0./s1. The van der Waals surface area contributed by atoms with E-state index in [0.29, 0.717) is 41.8 Å². The maximum Gasteiger partial charge on any atom is 0.405 e. The molecule has 1 heterocycles. The molecule has 11 heteroatoms. The largest absolute Gasteiger partial charge is 0.465 e. The van der Waals surface area contributed by atoms with Crippen molar-refractivity contribution >= 4 is 47.4 Å². The second-order valence-electron chi connectivity index (χ2n) is 6.67. The minimum Gasteiger partial charge on any atom is -0.465 e. The number of nitrogens with one attached hydrogen (secondary N) is 1. The van der Waals surface area contributed by atoms with Crippen molar-refractivity contribution < 1.29 is 19.6 Å². The lowest BCUT2D eigenvalue weighted by atomic mass is 9.99. The van der Waals surface area contributed by atoms with E-state index in [2.05, 4.69) is 10.2 Å². The maximum atomic E-state index is 11.3. The number of carbonyl (C=O) groups is 1. The van der Waals surface area contributed by atoms with Crippen LogP contribution in [0.25, 0.3) is 0 Å². The van der Waals surface area contributed by atoms with Crippen molar-refractivity contribution in [1.82, 2.24) is 10.2 Å². The van der Waals surface area contributed by atoms with Gasteiger partial charge in [0.2, 0.25) is 0 Å². The number of amides is 1. The lowest BCUT2D eigenvalue weighted by Crippen LogP contribution is -2.48. The summed E-state index contributed by atoms with van der Waals surface area (Å²) in [5.41, 5.74) is 1.52. The summed E-state index contributed by atoms with van der Waals surface area (Å²) >= 11 is 12.0. The van der Waals surface area contributed by atoms with Crippen LogP contribution in [-0.2, 0) is 11.3 Å². The summed E-state index contributed by atoms with van der Waals surface area (Å²) < 4.78 is 5.84. The van der Waals surface area contributed by atoms with Gasteiger partial charge in [0.15, 0.2) is 0 Å². The lowest BCUT2D eigenvalue weighted by molar-refractivity contribution is -0.384. The number of ether oxygens (including phenoxy) is 1. The molecule has 2 aromatic rings. The van der Waals surface area contributed by atoms with E-state index < -0.39 is 23.2 Å². The van der Waals surface area contributed by atoms with Gasteiger partial charge in [-0.3, -0.25) is 15.0 Å². The van der Waals surface area contributed by atoms with Crippen LogP contribution in [0, 0.1) is 10.1 Å². The van der Waals surface area contributed by atoms with Gasteiger partial charge in [0.25, 0.3) is 5.69 Å². The van der Waals surface area contributed by atoms with Crippen molar-refractivity contribution in [3.8, 4) is 0 Å². The Morgan fingerprint density at radius 2 is 1.97 bits per heavy atom. The third-order valence-electron chi connectivity index (χ3n) is 4.68. The molecular weight excluding hydrogens is 457 g/mol. The van der Waals surface area contributed by atoms with Crippen LogP contribution in [-0.4, -0.2) is 46.8 Å². The van der Waals surface area contributed by atoms with Gasteiger partial charge in [0, 0.05) is 31.8 Å². The second kappa shape index (κ2) is 10.8. The van der Waals surface area contributed by atoms with E-state index in [0.717, 1.165) is 5.56 Å². The summed E-state index contributed by atoms with van der Waals surface area (Å²) in [6, 6.07) is 10.6. The van der Waals surface area contributed by atoms with Gasteiger partial charge in [-0.1, -0.05) is 41.4 Å². The van der Waals surface area contributed by atoms with E-state index >= 15 is 0 Å². The highest BCUT2D eigenvalue weighted by atomic mass is 35.5. The molecule has 1 unspecified atom stereocenters. The number of non-ortho nitro benzene ring substituents is 1. The minimum atomic E-state index is -1.20. The van der Waals surface area contributed by atoms with Gasteiger partial charge in [-0.05, 0) is 23.3 Å². The minimum absolute atomic E-state index is 0. The maximum absolute atomic E-state index is 11.3. The highest BCUT2D eigenvalue weighted by molar-refractivity contribution is 6.42. The normalized spacial score (nSPS) is 17.6. The van der Waals surface area contributed by atoms with Crippen LogP contribution in [0.3, 0.4) is 0 Å². The van der Waals surface area contributed by atoms with Gasteiger partial charge in [0.05, 0.1) is 33.7 Å². The summed E-state index contributed by atoms with van der Waals surface area (Å²) in [4.78, 5) is 23.8.